The molecule has 0 saturated heterocycles. The van der Waals surface area contributed by atoms with Gasteiger partial charge in [0.25, 0.3) is 0 Å². The molecule has 0 bridgehead atoms. The van der Waals surface area contributed by atoms with Gasteiger partial charge in [0.2, 0.25) is 0 Å². The van der Waals surface area contributed by atoms with Gasteiger partial charge in [0.1, 0.15) is 0 Å². The Labute approximate surface area is 95.1 Å². The van der Waals surface area contributed by atoms with Gasteiger partial charge in [-0.1, -0.05) is 6.92 Å². The van der Waals surface area contributed by atoms with Gasteiger partial charge in [-0.2, -0.15) is 0 Å². The van der Waals surface area contributed by atoms with Crippen LogP contribution < -0.4 is 5.32 Å². The molecule has 2 aliphatic rings. The Hall–Kier alpha value is -0.410. The van der Waals surface area contributed by atoms with Crippen LogP contribution in [-0.4, -0.2) is 11.0 Å². The summed E-state index contributed by atoms with van der Waals surface area (Å²) in [5, 5.41) is 4.94. The normalized spacial score (nSPS) is 23.1. The molecule has 0 aliphatic heterocycles. The van der Waals surface area contributed by atoms with E-state index in [2.05, 4.69) is 19.2 Å². The molecule has 0 aromatic carbocycles. The predicted octanol–water partition coefficient (Wildman–Crippen LogP) is 2.76. The topological polar surface area (TPSA) is 24.9 Å². The van der Waals surface area contributed by atoms with Crippen LogP contribution in [0.15, 0.2) is 0 Å². The van der Waals surface area contributed by atoms with E-state index in [1.807, 2.05) is 11.3 Å². The van der Waals surface area contributed by atoms with E-state index in [1.165, 1.54) is 41.3 Å². The fourth-order valence-corrected chi connectivity index (χ4v) is 2.99. The Bertz CT molecular complexity index is 375. The van der Waals surface area contributed by atoms with Gasteiger partial charge in [-0.25, -0.2) is 4.98 Å². The Morgan fingerprint density at radius 2 is 2.20 bits per heavy atom. The highest BCUT2D eigenvalue weighted by atomic mass is 32.1. The van der Waals surface area contributed by atoms with E-state index in [9.17, 15) is 0 Å². The van der Waals surface area contributed by atoms with Gasteiger partial charge in [-0.3, -0.25) is 0 Å². The van der Waals surface area contributed by atoms with E-state index in [4.69, 9.17) is 4.98 Å². The van der Waals surface area contributed by atoms with Crippen LogP contribution in [0.3, 0.4) is 0 Å². The van der Waals surface area contributed by atoms with Crippen molar-refractivity contribution < 1.29 is 0 Å². The first-order valence-electron chi connectivity index (χ1n) is 5.87. The number of hydrogen-bond acceptors (Lipinski definition) is 3. The van der Waals surface area contributed by atoms with E-state index in [1.54, 1.807) is 0 Å². The van der Waals surface area contributed by atoms with Crippen molar-refractivity contribution in [1.82, 2.24) is 10.3 Å². The van der Waals surface area contributed by atoms with Gasteiger partial charge in [0.05, 0.1) is 10.7 Å². The third kappa shape index (κ3) is 1.95. The number of aryl methyl sites for hydroxylation is 1. The minimum atomic E-state index is 0.438. The van der Waals surface area contributed by atoms with Crippen LogP contribution in [0.25, 0.3) is 0 Å². The van der Waals surface area contributed by atoms with Crippen molar-refractivity contribution in [3.63, 3.8) is 0 Å². The van der Waals surface area contributed by atoms with E-state index in [0.29, 0.717) is 5.41 Å². The smallest absolute Gasteiger partial charge is 0.0990 e. The summed E-state index contributed by atoms with van der Waals surface area (Å²) in [4.78, 5) is 6.17. The SMILES string of the molecule is Cc1nc(C2(C)CC2)sc1CNC1CC1. The number of nitrogens with zero attached hydrogens (tertiary/aromatic N) is 1. The Morgan fingerprint density at radius 1 is 1.47 bits per heavy atom. The van der Waals surface area contributed by atoms with Crippen LogP contribution in [0.2, 0.25) is 0 Å². The highest BCUT2D eigenvalue weighted by Crippen LogP contribution is 2.49. The molecule has 0 atom stereocenters. The Balaban J connectivity index is 1.72. The maximum Gasteiger partial charge on any atom is 0.0990 e. The molecule has 2 nitrogen and oxygen atoms in total. The third-order valence-corrected chi connectivity index (χ3v) is 5.00. The summed E-state index contributed by atoms with van der Waals surface area (Å²) in [7, 11) is 0. The van der Waals surface area contributed by atoms with E-state index >= 15 is 0 Å². The zero-order valence-corrected chi connectivity index (χ0v) is 10.3. The quantitative estimate of drug-likeness (QED) is 0.847. The number of hydrogen-bond donors (Lipinski definition) is 1. The van der Waals surface area contributed by atoms with Gasteiger partial charge in [0, 0.05) is 22.9 Å². The van der Waals surface area contributed by atoms with E-state index < -0.39 is 0 Å². The minimum absolute atomic E-state index is 0.438. The van der Waals surface area contributed by atoms with Crippen LogP contribution in [0, 0.1) is 6.92 Å². The van der Waals surface area contributed by atoms with Gasteiger partial charge in [0.15, 0.2) is 0 Å². The minimum Gasteiger partial charge on any atom is -0.309 e. The standard InChI is InChI=1S/C12H18N2S/c1-8-10(7-13-9-3-4-9)15-11(14-8)12(2)5-6-12/h9,13H,3-7H2,1-2H3. The molecule has 3 rings (SSSR count). The molecule has 3 heteroatoms. The summed E-state index contributed by atoms with van der Waals surface area (Å²) in [5.74, 6) is 0. The van der Waals surface area contributed by atoms with Crippen molar-refractivity contribution in [2.45, 2.75) is 57.5 Å². The number of rotatable bonds is 4. The van der Waals surface area contributed by atoms with Crippen molar-refractivity contribution in [3.8, 4) is 0 Å². The Morgan fingerprint density at radius 3 is 2.80 bits per heavy atom. The van der Waals surface area contributed by atoms with Crippen LogP contribution in [0.5, 0.6) is 0 Å². The monoisotopic (exact) mass is 222 g/mol. The van der Waals surface area contributed by atoms with Crippen molar-refractivity contribution in [1.29, 1.82) is 0 Å². The van der Waals surface area contributed by atoms with Gasteiger partial charge in [-0.05, 0) is 32.6 Å². The fourth-order valence-electron chi connectivity index (χ4n) is 1.78. The van der Waals surface area contributed by atoms with Crippen LogP contribution in [0.4, 0.5) is 0 Å². The first-order chi connectivity index (χ1) is 7.17. The second-order valence-electron chi connectivity index (χ2n) is 5.24. The fraction of sp³-hybridized carbons (Fsp3) is 0.750. The molecule has 0 spiro atoms. The highest BCUT2D eigenvalue weighted by molar-refractivity contribution is 7.12. The molecule has 1 N–H and O–H groups in total. The molecule has 82 valence electrons. The lowest BCUT2D eigenvalue weighted by Crippen LogP contribution is -2.14. The lowest BCUT2D eigenvalue weighted by Gasteiger charge is -2.01. The molecule has 15 heavy (non-hydrogen) atoms. The molecule has 0 amide bonds. The molecule has 1 aromatic rings. The lowest BCUT2D eigenvalue weighted by atomic mass is 10.2. The third-order valence-electron chi connectivity index (χ3n) is 3.54. The second-order valence-corrected chi connectivity index (χ2v) is 6.33. The Kier molecular flexibility index (Phi) is 2.15. The number of thiazole rings is 1. The molecule has 0 radical (unpaired) electrons. The average Bonchev–Trinajstić information content (AvgIpc) is 3.09. The lowest BCUT2D eigenvalue weighted by molar-refractivity contribution is 0.691. The van der Waals surface area contributed by atoms with Crippen molar-refractivity contribution in [2.24, 2.45) is 0 Å². The molecule has 2 saturated carbocycles. The van der Waals surface area contributed by atoms with E-state index in [0.717, 1.165) is 12.6 Å². The first kappa shape index (κ1) is 9.79. The van der Waals surface area contributed by atoms with Crippen molar-refractivity contribution in [3.05, 3.63) is 15.6 Å². The molecule has 2 fully saturated rings. The maximum absolute atomic E-state index is 4.72. The first-order valence-corrected chi connectivity index (χ1v) is 6.69. The zero-order valence-electron chi connectivity index (χ0n) is 9.47. The van der Waals surface area contributed by atoms with E-state index in [-0.39, 0.29) is 0 Å². The summed E-state index contributed by atoms with van der Waals surface area (Å²) in [6, 6.07) is 0.798. The van der Waals surface area contributed by atoms with Crippen molar-refractivity contribution in [2.75, 3.05) is 0 Å². The molecule has 0 unspecified atom stereocenters. The average molecular weight is 222 g/mol. The van der Waals surface area contributed by atoms with Crippen molar-refractivity contribution >= 4 is 11.3 Å². The molecule has 2 aliphatic carbocycles. The van der Waals surface area contributed by atoms with Crippen LogP contribution >= 0.6 is 11.3 Å². The van der Waals surface area contributed by atoms with Gasteiger partial charge >= 0.3 is 0 Å². The highest BCUT2D eigenvalue weighted by Gasteiger charge is 2.42. The van der Waals surface area contributed by atoms with Crippen LogP contribution in [-0.2, 0) is 12.0 Å². The largest absolute Gasteiger partial charge is 0.309 e. The summed E-state index contributed by atoms with van der Waals surface area (Å²) in [6.45, 7) is 5.52. The number of aromatic nitrogens is 1. The molecule has 1 heterocycles. The van der Waals surface area contributed by atoms with Gasteiger partial charge in [-0.15, -0.1) is 11.3 Å². The molecule has 1 aromatic heterocycles. The maximum atomic E-state index is 4.72. The molecular formula is C12H18N2S. The summed E-state index contributed by atoms with van der Waals surface area (Å²) >= 11 is 1.93. The van der Waals surface area contributed by atoms with Gasteiger partial charge < -0.3 is 5.32 Å². The summed E-state index contributed by atoms with van der Waals surface area (Å²) < 4.78 is 0. The summed E-state index contributed by atoms with van der Waals surface area (Å²) in [5.41, 5.74) is 1.68. The molecular weight excluding hydrogens is 204 g/mol. The van der Waals surface area contributed by atoms with Crippen LogP contribution in [0.1, 0.15) is 48.2 Å². The number of nitrogens with one attached hydrogen (secondary N) is 1. The zero-order chi connectivity index (χ0) is 10.5. The summed E-state index contributed by atoms with van der Waals surface area (Å²) in [6.07, 6.45) is 5.38. The second kappa shape index (κ2) is 3.29. The predicted molar refractivity (Wildman–Crippen MR) is 63.3 cm³/mol.